The molecule has 0 heterocycles. The third kappa shape index (κ3) is 90.9. The number of hydrogen-bond acceptors (Lipinski definition) is 6. The minimum Gasteiger partial charge on any atom is -0.473 e. The van der Waals surface area contributed by atoms with Gasteiger partial charge in [0.1, 0.15) is 0 Å². The van der Waals surface area contributed by atoms with Gasteiger partial charge in [-0.3, -0.25) is 0 Å². The fourth-order valence-electron chi connectivity index (χ4n) is 0. The van der Waals surface area contributed by atoms with Crippen LogP contribution in [0, 0.1) is 80.8 Å². The SMILES string of the molecule is O.O.O.O.O.O.O=C(O)C(=O)O.O=C(O)C(=O)O.O=C(O)C(=O)O.[Sm].[Sm]. The molecule has 0 spiro atoms. The first-order valence-electron chi connectivity index (χ1n) is 3.32. The van der Waals surface area contributed by atoms with Crippen molar-refractivity contribution in [2.24, 2.45) is 0 Å². The van der Waals surface area contributed by atoms with E-state index in [0.717, 1.165) is 0 Å². The first-order valence-corrected chi connectivity index (χ1v) is 3.32. The van der Waals surface area contributed by atoms with E-state index in [4.69, 9.17) is 59.4 Å². The Kier molecular flexibility index (Phi) is 124. The Morgan fingerprint density at radius 1 is 0.308 bits per heavy atom. The van der Waals surface area contributed by atoms with Crippen LogP contribution in [0.5, 0.6) is 0 Å². The molecule has 0 aliphatic carbocycles. The van der Waals surface area contributed by atoms with Crippen molar-refractivity contribution >= 4 is 35.8 Å². The topological polar surface area (TPSA) is 413 Å². The van der Waals surface area contributed by atoms with Crippen molar-refractivity contribution in [1.29, 1.82) is 0 Å². The fraction of sp³-hybridized carbons (Fsp3) is 0. The molecule has 20 heteroatoms. The van der Waals surface area contributed by atoms with Crippen LogP contribution in [0.15, 0.2) is 0 Å². The van der Waals surface area contributed by atoms with Crippen LogP contribution in [-0.4, -0.2) is 99.3 Å². The van der Waals surface area contributed by atoms with E-state index >= 15 is 0 Å². The van der Waals surface area contributed by atoms with Crippen LogP contribution >= 0.6 is 0 Å². The summed E-state index contributed by atoms with van der Waals surface area (Å²) in [5.41, 5.74) is 0. The van der Waals surface area contributed by atoms with Gasteiger partial charge in [-0.05, 0) is 0 Å². The van der Waals surface area contributed by atoms with Gasteiger partial charge in [-0.25, -0.2) is 28.8 Å². The molecule has 0 fully saturated rings. The molecule has 0 saturated heterocycles. The number of carboxylic acid groups (broad SMARTS) is 6. The molecule has 0 aromatic heterocycles. The van der Waals surface area contributed by atoms with Crippen LogP contribution in [0.2, 0.25) is 0 Å². The van der Waals surface area contributed by atoms with Crippen LogP contribution in [-0.2, 0) is 28.8 Å². The first kappa shape index (κ1) is 73.1. The van der Waals surface area contributed by atoms with E-state index in [9.17, 15) is 0 Å². The molecular formula is C6H18O18Sm2. The molecule has 0 unspecified atom stereocenters. The van der Waals surface area contributed by atoms with Gasteiger partial charge in [-0.15, -0.1) is 0 Å². The third-order valence-corrected chi connectivity index (χ3v) is 0.549. The largest absolute Gasteiger partial charge is 0.473 e. The Morgan fingerprint density at radius 2 is 0.346 bits per heavy atom. The van der Waals surface area contributed by atoms with Gasteiger partial charge in [0.2, 0.25) is 0 Å². The van der Waals surface area contributed by atoms with Crippen molar-refractivity contribution in [3.63, 3.8) is 0 Å². The minimum absolute atomic E-state index is 0. The number of aliphatic carboxylic acids is 6. The second-order valence-electron chi connectivity index (χ2n) is 1.83. The maximum Gasteiger partial charge on any atom is 0.414 e. The minimum atomic E-state index is -1.82. The van der Waals surface area contributed by atoms with Crippen molar-refractivity contribution in [3.05, 3.63) is 0 Å². The molecule has 0 amide bonds. The molecule has 0 aliphatic heterocycles. The van der Waals surface area contributed by atoms with Crippen molar-refractivity contribution in [1.82, 2.24) is 0 Å². The average molecular weight is 679 g/mol. The molecule has 162 valence electrons. The van der Waals surface area contributed by atoms with Crippen molar-refractivity contribution in [3.8, 4) is 0 Å². The predicted molar refractivity (Wildman–Crippen MR) is 67.5 cm³/mol. The Labute approximate surface area is 206 Å². The zero-order valence-corrected chi connectivity index (χ0v) is 17.2. The Morgan fingerprint density at radius 3 is 0.346 bits per heavy atom. The molecule has 0 rings (SSSR count). The van der Waals surface area contributed by atoms with E-state index in [1.165, 1.54) is 0 Å². The maximum atomic E-state index is 9.10. The molecular weight excluding hydrogens is 661 g/mol. The molecule has 0 bridgehead atoms. The standard InChI is InChI=1S/3C2H2O4.6H2O.2Sm/c3*3-1(4)2(5)6;;;;;;;;/h3*(H,3,4)(H,5,6);6*1H2;;. The molecule has 18 N–H and O–H groups in total. The monoisotopic (exact) mass is 682 g/mol. The van der Waals surface area contributed by atoms with Gasteiger partial charge in [0, 0.05) is 80.8 Å². The summed E-state index contributed by atoms with van der Waals surface area (Å²) in [7, 11) is 0. The summed E-state index contributed by atoms with van der Waals surface area (Å²) in [6.45, 7) is 0. The van der Waals surface area contributed by atoms with Crippen LogP contribution < -0.4 is 0 Å². The zero-order valence-electron chi connectivity index (χ0n) is 11.9. The smallest absolute Gasteiger partial charge is 0.414 e. The normalized spacial score (nSPS) is 5.08. The van der Waals surface area contributed by atoms with Gasteiger partial charge in [-0.2, -0.15) is 0 Å². The summed E-state index contributed by atoms with van der Waals surface area (Å²) in [6.07, 6.45) is 0. The number of carboxylic acids is 6. The van der Waals surface area contributed by atoms with Gasteiger partial charge in [0.25, 0.3) is 0 Å². The van der Waals surface area contributed by atoms with Gasteiger partial charge < -0.3 is 63.5 Å². The van der Waals surface area contributed by atoms with Crippen molar-refractivity contribution in [2.75, 3.05) is 0 Å². The zero-order chi connectivity index (χ0) is 15.5. The van der Waals surface area contributed by atoms with Gasteiger partial charge in [-0.1, -0.05) is 0 Å². The maximum absolute atomic E-state index is 9.10. The Balaban J connectivity index is -0.0000000125. The third-order valence-electron chi connectivity index (χ3n) is 0.549. The Hall–Kier alpha value is -0.745. The van der Waals surface area contributed by atoms with Crippen molar-refractivity contribution < 1.29 is 173 Å². The van der Waals surface area contributed by atoms with Crippen LogP contribution in [0.25, 0.3) is 0 Å². The predicted octanol–water partition coefficient (Wildman–Crippen LogP) is -7.48. The van der Waals surface area contributed by atoms with Crippen LogP contribution in [0.4, 0.5) is 0 Å². The molecule has 0 aliphatic rings. The summed E-state index contributed by atoms with van der Waals surface area (Å²) in [6, 6.07) is 0. The molecule has 0 radical (unpaired) electrons. The Bertz CT molecular complexity index is 285. The van der Waals surface area contributed by atoms with Gasteiger partial charge in [0.15, 0.2) is 0 Å². The van der Waals surface area contributed by atoms with Crippen LogP contribution in [0.3, 0.4) is 0 Å². The van der Waals surface area contributed by atoms with Gasteiger partial charge in [0.05, 0.1) is 0 Å². The van der Waals surface area contributed by atoms with Gasteiger partial charge >= 0.3 is 35.8 Å². The second kappa shape index (κ2) is 44.1. The van der Waals surface area contributed by atoms with E-state index in [2.05, 4.69) is 0 Å². The molecule has 26 heavy (non-hydrogen) atoms. The van der Waals surface area contributed by atoms with Crippen molar-refractivity contribution in [2.45, 2.75) is 0 Å². The molecule has 18 nitrogen and oxygen atoms in total. The average Bonchev–Trinajstić information content (AvgIpc) is 2.18. The summed E-state index contributed by atoms with van der Waals surface area (Å²) in [5.74, 6) is -10.9. The molecule has 0 atom stereocenters. The number of rotatable bonds is 0. The molecule has 0 aromatic rings. The van der Waals surface area contributed by atoms with E-state index in [1.807, 2.05) is 0 Å². The van der Waals surface area contributed by atoms with E-state index in [1.54, 1.807) is 0 Å². The summed E-state index contributed by atoms with van der Waals surface area (Å²) in [5, 5.41) is 44.3. The quantitative estimate of drug-likeness (QED) is 0.130. The second-order valence-corrected chi connectivity index (χ2v) is 1.83. The summed E-state index contributed by atoms with van der Waals surface area (Å²) >= 11 is 0. The summed E-state index contributed by atoms with van der Waals surface area (Å²) in [4.78, 5) is 54.6. The number of hydrogen-bond donors (Lipinski definition) is 6. The van der Waals surface area contributed by atoms with E-state index in [-0.39, 0.29) is 114 Å². The first-order chi connectivity index (χ1) is 7.93. The molecule has 0 aromatic carbocycles. The fourth-order valence-corrected chi connectivity index (χ4v) is 0. The van der Waals surface area contributed by atoms with Crippen LogP contribution in [0.1, 0.15) is 0 Å². The van der Waals surface area contributed by atoms with E-state index in [0.29, 0.717) is 0 Å². The number of carbonyl (C=O) groups is 6. The summed E-state index contributed by atoms with van der Waals surface area (Å²) < 4.78 is 0. The van der Waals surface area contributed by atoms with E-state index < -0.39 is 35.8 Å². The molecule has 0 saturated carbocycles.